The highest BCUT2D eigenvalue weighted by molar-refractivity contribution is 5.95. The number of hydrogen-bond donors (Lipinski definition) is 3. The molecular weight excluding hydrogens is 413 g/mol. The Kier molecular flexibility index (Phi) is 7.06. The lowest BCUT2D eigenvalue weighted by Gasteiger charge is -2.14. The summed E-state index contributed by atoms with van der Waals surface area (Å²) in [6, 6.07) is 15.1. The van der Waals surface area contributed by atoms with Crippen molar-refractivity contribution in [2.75, 3.05) is 18.8 Å². The van der Waals surface area contributed by atoms with Crippen LogP contribution in [0.4, 0.5) is 18.9 Å². The molecular formula is C25H31F3N4. The number of rotatable bonds is 5. The predicted octanol–water partition coefficient (Wildman–Crippen LogP) is 5.46. The summed E-state index contributed by atoms with van der Waals surface area (Å²) < 4.78 is 40.7. The van der Waals surface area contributed by atoms with Crippen molar-refractivity contribution in [3.63, 3.8) is 0 Å². The molecule has 1 saturated carbocycles. The monoisotopic (exact) mass is 444 g/mol. The molecule has 7 heteroatoms. The van der Waals surface area contributed by atoms with E-state index in [1.165, 1.54) is 49.8 Å². The number of alkyl halides is 3. The lowest BCUT2D eigenvalue weighted by atomic mass is 10.1. The summed E-state index contributed by atoms with van der Waals surface area (Å²) >= 11 is 0. The summed E-state index contributed by atoms with van der Waals surface area (Å²) in [6.07, 6.45) is 2.35. The Bertz CT molecular complexity index is 1000. The van der Waals surface area contributed by atoms with Gasteiger partial charge in [0.1, 0.15) is 6.54 Å². The van der Waals surface area contributed by atoms with Crippen molar-refractivity contribution in [2.24, 2.45) is 0 Å². The van der Waals surface area contributed by atoms with Crippen molar-refractivity contribution in [1.82, 2.24) is 15.2 Å². The third-order valence-corrected chi connectivity index (χ3v) is 5.95. The van der Waals surface area contributed by atoms with E-state index in [0.717, 1.165) is 17.7 Å². The quantitative estimate of drug-likeness (QED) is 0.458. The van der Waals surface area contributed by atoms with Crippen LogP contribution >= 0.6 is 0 Å². The Morgan fingerprint density at radius 1 is 1.00 bits per heavy atom. The number of hydrogen-bond acceptors (Lipinski definition) is 3. The lowest BCUT2D eigenvalue weighted by molar-refractivity contribution is -0.139. The van der Waals surface area contributed by atoms with Crippen molar-refractivity contribution in [3.8, 4) is 11.3 Å². The molecule has 1 aliphatic heterocycles. The molecule has 4 N–H and O–H groups in total. The fourth-order valence-electron chi connectivity index (χ4n) is 4.04. The van der Waals surface area contributed by atoms with E-state index in [9.17, 15) is 13.2 Å². The first-order valence-electron chi connectivity index (χ1n) is 11.4. The largest absolute Gasteiger partial charge is 0.406 e. The molecule has 2 heterocycles. The number of nitrogens with two attached hydrogens (primary N) is 1. The van der Waals surface area contributed by atoms with Gasteiger partial charge in [0.15, 0.2) is 0 Å². The minimum Gasteiger partial charge on any atom is -0.398 e. The molecule has 172 valence electrons. The highest BCUT2D eigenvalue weighted by Crippen LogP contribution is 2.34. The fraction of sp³-hybridized carbons (Fsp3) is 0.440. The molecule has 0 amide bonds. The molecule has 32 heavy (non-hydrogen) atoms. The van der Waals surface area contributed by atoms with Crippen LogP contribution < -0.4 is 16.4 Å². The summed E-state index contributed by atoms with van der Waals surface area (Å²) in [6.45, 7) is 2.24. The van der Waals surface area contributed by atoms with Gasteiger partial charge in [0.05, 0.1) is 5.52 Å². The molecule has 0 bridgehead atoms. The zero-order valence-corrected chi connectivity index (χ0v) is 18.2. The highest BCUT2D eigenvalue weighted by Gasteiger charge is 2.30. The molecule has 0 unspecified atom stereocenters. The molecule has 0 spiro atoms. The average Bonchev–Trinajstić information content (AvgIpc) is 3.55. The number of piperidine rings is 1. The van der Waals surface area contributed by atoms with E-state index < -0.39 is 12.7 Å². The van der Waals surface area contributed by atoms with Gasteiger partial charge in [-0.1, -0.05) is 36.8 Å². The third-order valence-electron chi connectivity index (χ3n) is 5.95. The smallest absolute Gasteiger partial charge is 0.398 e. The minimum atomic E-state index is -4.31. The number of anilines is 1. The minimum absolute atomic E-state index is 0.481. The maximum atomic E-state index is 13.1. The number of benzene rings is 2. The van der Waals surface area contributed by atoms with E-state index in [1.54, 1.807) is 24.3 Å². The Balaban J connectivity index is 0.000000354. The lowest BCUT2D eigenvalue weighted by Crippen LogP contribution is -2.21. The predicted molar refractivity (Wildman–Crippen MR) is 124 cm³/mol. The fourth-order valence-corrected chi connectivity index (χ4v) is 4.04. The molecule has 1 aromatic heterocycles. The maximum absolute atomic E-state index is 13.1. The number of nitrogens with zero attached hydrogens (tertiary/aromatic N) is 1. The normalized spacial score (nSPS) is 16.6. The first-order valence-corrected chi connectivity index (χ1v) is 11.4. The highest BCUT2D eigenvalue weighted by atomic mass is 19.4. The van der Waals surface area contributed by atoms with Gasteiger partial charge in [0, 0.05) is 29.4 Å². The molecule has 1 saturated heterocycles. The Morgan fingerprint density at radius 3 is 2.28 bits per heavy atom. The van der Waals surface area contributed by atoms with Gasteiger partial charge in [-0.3, -0.25) is 0 Å². The molecule has 1 aliphatic carbocycles. The van der Waals surface area contributed by atoms with E-state index >= 15 is 0 Å². The molecule has 2 aliphatic rings. The van der Waals surface area contributed by atoms with Crippen molar-refractivity contribution >= 4 is 16.6 Å². The van der Waals surface area contributed by atoms with Gasteiger partial charge in [0.2, 0.25) is 0 Å². The van der Waals surface area contributed by atoms with Gasteiger partial charge in [-0.2, -0.15) is 13.2 Å². The molecule has 2 fully saturated rings. The van der Waals surface area contributed by atoms with E-state index in [0.29, 0.717) is 28.3 Å². The van der Waals surface area contributed by atoms with Gasteiger partial charge >= 0.3 is 6.18 Å². The van der Waals surface area contributed by atoms with E-state index in [1.807, 2.05) is 24.3 Å². The van der Waals surface area contributed by atoms with Gasteiger partial charge < -0.3 is 20.9 Å². The van der Waals surface area contributed by atoms with E-state index in [2.05, 4.69) is 10.6 Å². The van der Waals surface area contributed by atoms with Gasteiger partial charge in [-0.25, -0.2) is 0 Å². The van der Waals surface area contributed by atoms with E-state index in [4.69, 9.17) is 5.73 Å². The molecule has 0 radical (unpaired) electrons. The molecule has 5 rings (SSSR count). The number of aromatic nitrogens is 1. The second-order valence-corrected chi connectivity index (χ2v) is 8.67. The Morgan fingerprint density at radius 2 is 1.72 bits per heavy atom. The van der Waals surface area contributed by atoms with Crippen molar-refractivity contribution < 1.29 is 13.2 Å². The van der Waals surface area contributed by atoms with Crippen LogP contribution in [0.2, 0.25) is 0 Å². The zero-order chi connectivity index (χ0) is 22.6. The van der Waals surface area contributed by atoms with Crippen molar-refractivity contribution in [1.29, 1.82) is 0 Å². The average molecular weight is 445 g/mol. The van der Waals surface area contributed by atoms with Crippen LogP contribution in [-0.4, -0.2) is 29.9 Å². The summed E-state index contributed by atoms with van der Waals surface area (Å²) in [5.74, 6) is 0. The van der Waals surface area contributed by atoms with Crippen LogP contribution in [0.5, 0.6) is 0 Å². The third kappa shape index (κ3) is 6.04. The molecule has 0 atom stereocenters. The van der Waals surface area contributed by atoms with Crippen LogP contribution in [0.1, 0.15) is 37.7 Å². The SMILES string of the molecule is C1CCNCC1.Nc1cccc2c1cc(-c1ccc(CNC3CC3)cc1)n2CC(F)(F)F. The first-order chi connectivity index (χ1) is 15.4. The zero-order valence-electron chi connectivity index (χ0n) is 18.2. The van der Waals surface area contributed by atoms with Crippen LogP contribution in [0.15, 0.2) is 48.5 Å². The number of nitrogens with one attached hydrogen (secondary N) is 2. The number of halogens is 3. The van der Waals surface area contributed by atoms with Crippen molar-refractivity contribution in [3.05, 3.63) is 54.1 Å². The van der Waals surface area contributed by atoms with Gasteiger partial charge in [0.25, 0.3) is 0 Å². The summed E-state index contributed by atoms with van der Waals surface area (Å²) in [5, 5.41) is 7.36. The molecule has 3 aromatic rings. The van der Waals surface area contributed by atoms with Gasteiger partial charge in [-0.05, 0) is 68.1 Å². The number of nitrogen functional groups attached to an aromatic ring is 1. The first kappa shape index (κ1) is 22.7. The second-order valence-electron chi connectivity index (χ2n) is 8.67. The summed E-state index contributed by atoms with van der Waals surface area (Å²) in [5.41, 5.74) is 9.35. The molecule has 2 aromatic carbocycles. The topological polar surface area (TPSA) is 55.0 Å². The molecule has 4 nitrogen and oxygen atoms in total. The Hall–Kier alpha value is -2.51. The van der Waals surface area contributed by atoms with Crippen LogP contribution in [0, 0.1) is 0 Å². The van der Waals surface area contributed by atoms with Gasteiger partial charge in [-0.15, -0.1) is 0 Å². The second kappa shape index (κ2) is 9.96. The van der Waals surface area contributed by atoms with Crippen LogP contribution in [0.3, 0.4) is 0 Å². The Labute approximate surface area is 187 Å². The number of fused-ring (bicyclic) bond motifs is 1. The standard InChI is InChI=1S/C20H20F3N3.C5H11N/c21-20(22,23)12-26-18-3-1-2-17(24)16(18)10-19(26)14-6-4-13(5-7-14)11-25-15-8-9-15;1-2-4-6-5-3-1/h1-7,10,15,25H,8-9,11-12,24H2;6H,1-5H2. The van der Waals surface area contributed by atoms with Crippen molar-refractivity contribution in [2.45, 2.75) is 57.4 Å². The summed E-state index contributed by atoms with van der Waals surface area (Å²) in [7, 11) is 0. The summed E-state index contributed by atoms with van der Waals surface area (Å²) in [4.78, 5) is 0. The van der Waals surface area contributed by atoms with Crippen LogP contribution in [0.25, 0.3) is 22.2 Å². The van der Waals surface area contributed by atoms with Crippen LogP contribution in [-0.2, 0) is 13.1 Å². The maximum Gasteiger partial charge on any atom is 0.406 e. The van der Waals surface area contributed by atoms with E-state index in [-0.39, 0.29) is 0 Å².